The van der Waals surface area contributed by atoms with Crippen molar-refractivity contribution in [3.05, 3.63) is 33.5 Å². The topological polar surface area (TPSA) is 75.6 Å². The summed E-state index contributed by atoms with van der Waals surface area (Å²) in [5.41, 5.74) is 0.412. The van der Waals surface area contributed by atoms with Crippen molar-refractivity contribution in [3.8, 4) is 0 Å². The van der Waals surface area contributed by atoms with Gasteiger partial charge in [-0.2, -0.15) is 0 Å². The Balaban J connectivity index is 2.31. The molecule has 132 valence electrons. The molecule has 0 radical (unpaired) electrons. The summed E-state index contributed by atoms with van der Waals surface area (Å²) in [6.45, 7) is 5.10. The second-order valence-corrected chi connectivity index (χ2v) is 7.83. The maximum absolute atomic E-state index is 14.2. The van der Waals surface area contributed by atoms with Crippen molar-refractivity contribution in [2.75, 3.05) is 0 Å². The van der Waals surface area contributed by atoms with E-state index in [0.717, 1.165) is 0 Å². The van der Waals surface area contributed by atoms with Gasteiger partial charge in [0, 0.05) is 10.4 Å². The standard InChI is InChI=1S/C17H21BrFNO4/c1-17(2,3)24-16(23)20-14(15(21)22)11-6-4-5-10-12(11)7-9(18)8-13(10)19/h7-8,11,14H,4-6H2,1-3H3,(H,20,23)(H,21,22)/t11-,14+/m1/s1. The summed E-state index contributed by atoms with van der Waals surface area (Å²) in [6, 6.07) is 1.93. The molecule has 5 nitrogen and oxygen atoms in total. The highest BCUT2D eigenvalue weighted by Crippen LogP contribution is 2.37. The van der Waals surface area contributed by atoms with Crippen LogP contribution in [-0.4, -0.2) is 28.8 Å². The molecule has 0 saturated carbocycles. The van der Waals surface area contributed by atoms with Crippen LogP contribution in [0.5, 0.6) is 0 Å². The summed E-state index contributed by atoms with van der Waals surface area (Å²) in [6.07, 6.45) is 0.979. The van der Waals surface area contributed by atoms with E-state index in [-0.39, 0.29) is 5.82 Å². The average Bonchev–Trinajstić information content (AvgIpc) is 2.42. The number of carboxylic acids is 1. The molecule has 1 aliphatic rings. The molecule has 1 amide bonds. The zero-order chi connectivity index (χ0) is 18.1. The van der Waals surface area contributed by atoms with Gasteiger partial charge >= 0.3 is 12.1 Å². The Kier molecular flexibility index (Phi) is 5.52. The number of rotatable bonds is 3. The molecule has 1 aliphatic carbocycles. The molecule has 2 rings (SSSR count). The maximum Gasteiger partial charge on any atom is 0.408 e. The van der Waals surface area contributed by atoms with Crippen molar-refractivity contribution >= 4 is 28.0 Å². The third-order valence-electron chi connectivity index (χ3n) is 3.88. The van der Waals surface area contributed by atoms with Crippen molar-refractivity contribution in [2.24, 2.45) is 0 Å². The average molecular weight is 402 g/mol. The molecule has 0 fully saturated rings. The van der Waals surface area contributed by atoms with E-state index < -0.39 is 29.6 Å². The number of nitrogens with one attached hydrogen (secondary N) is 1. The second kappa shape index (κ2) is 7.09. The number of benzene rings is 1. The van der Waals surface area contributed by atoms with E-state index >= 15 is 0 Å². The minimum absolute atomic E-state index is 0.356. The number of carbonyl (C=O) groups is 2. The predicted molar refractivity (Wildman–Crippen MR) is 90.6 cm³/mol. The van der Waals surface area contributed by atoms with Crippen LogP contribution < -0.4 is 5.32 Å². The van der Waals surface area contributed by atoms with Gasteiger partial charge in [0.2, 0.25) is 0 Å². The normalized spacial score (nSPS) is 18.5. The highest BCUT2D eigenvalue weighted by molar-refractivity contribution is 9.10. The van der Waals surface area contributed by atoms with E-state index in [1.807, 2.05) is 0 Å². The van der Waals surface area contributed by atoms with Crippen LogP contribution in [0.2, 0.25) is 0 Å². The number of ether oxygens (including phenoxy) is 1. The fourth-order valence-electron chi connectivity index (χ4n) is 2.99. The Morgan fingerprint density at radius 3 is 2.67 bits per heavy atom. The quantitative estimate of drug-likeness (QED) is 0.802. The molecule has 0 saturated heterocycles. The van der Waals surface area contributed by atoms with Crippen LogP contribution in [0.4, 0.5) is 9.18 Å². The van der Waals surface area contributed by atoms with E-state index in [1.165, 1.54) is 6.07 Å². The molecule has 1 aromatic rings. The second-order valence-electron chi connectivity index (χ2n) is 6.92. The van der Waals surface area contributed by atoms with Crippen molar-refractivity contribution < 1.29 is 23.8 Å². The molecule has 2 N–H and O–H groups in total. The number of alkyl carbamates (subject to hydrolysis) is 1. The van der Waals surface area contributed by atoms with Gasteiger partial charge in [-0.25, -0.2) is 14.0 Å². The third-order valence-corrected chi connectivity index (χ3v) is 4.33. The molecular formula is C17H21BrFNO4. The monoisotopic (exact) mass is 401 g/mol. The Morgan fingerprint density at radius 2 is 2.08 bits per heavy atom. The van der Waals surface area contributed by atoms with Gasteiger partial charge in [0.05, 0.1) is 0 Å². The maximum atomic E-state index is 14.2. The summed E-state index contributed by atoms with van der Waals surface area (Å²) >= 11 is 3.25. The molecule has 0 aromatic heterocycles. The van der Waals surface area contributed by atoms with Crippen LogP contribution in [0, 0.1) is 5.82 Å². The first kappa shape index (κ1) is 18.7. The number of fused-ring (bicyclic) bond motifs is 1. The van der Waals surface area contributed by atoms with Crippen LogP contribution in [0.25, 0.3) is 0 Å². The van der Waals surface area contributed by atoms with Crippen LogP contribution in [0.15, 0.2) is 16.6 Å². The fraction of sp³-hybridized carbons (Fsp3) is 0.529. The van der Waals surface area contributed by atoms with Crippen molar-refractivity contribution in [3.63, 3.8) is 0 Å². The molecule has 0 bridgehead atoms. The van der Waals surface area contributed by atoms with Gasteiger partial charge in [0.25, 0.3) is 0 Å². The molecule has 2 atom stereocenters. The lowest BCUT2D eigenvalue weighted by atomic mass is 9.78. The van der Waals surface area contributed by atoms with Gasteiger partial charge < -0.3 is 15.2 Å². The van der Waals surface area contributed by atoms with E-state index in [1.54, 1.807) is 26.8 Å². The highest BCUT2D eigenvalue weighted by atomic mass is 79.9. The van der Waals surface area contributed by atoms with E-state index in [9.17, 15) is 19.1 Å². The summed E-state index contributed by atoms with van der Waals surface area (Å²) in [5.74, 6) is -2.03. The van der Waals surface area contributed by atoms with Crippen molar-refractivity contribution in [2.45, 2.75) is 57.6 Å². The summed E-state index contributed by atoms with van der Waals surface area (Å²) in [5, 5.41) is 12.0. The predicted octanol–water partition coefficient (Wildman–Crippen LogP) is 3.99. The number of hydrogen-bond donors (Lipinski definition) is 2. The largest absolute Gasteiger partial charge is 0.480 e. The van der Waals surface area contributed by atoms with Gasteiger partial charge in [-0.3, -0.25) is 0 Å². The Labute approximate surface area is 148 Å². The zero-order valence-electron chi connectivity index (χ0n) is 13.9. The Hall–Kier alpha value is -1.63. The minimum atomic E-state index is -1.17. The number of halogens is 2. The van der Waals surface area contributed by atoms with Gasteiger partial charge in [-0.1, -0.05) is 15.9 Å². The molecule has 0 heterocycles. The van der Waals surface area contributed by atoms with E-state index in [4.69, 9.17) is 4.74 Å². The Bertz CT molecular complexity index is 657. The fourth-order valence-corrected chi connectivity index (χ4v) is 3.44. The zero-order valence-corrected chi connectivity index (χ0v) is 15.4. The lowest BCUT2D eigenvalue weighted by Gasteiger charge is -2.31. The molecule has 0 unspecified atom stereocenters. The molecule has 0 aliphatic heterocycles. The van der Waals surface area contributed by atoms with Crippen LogP contribution in [0.3, 0.4) is 0 Å². The van der Waals surface area contributed by atoms with Gasteiger partial charge in [-0.05, 0) is 63.3 Å². The molecular weight excluding hydrogens is 381 g/mol. The highest BCUT2D eigenvalue weighted by Gasteiger charge is 2.36. The van der Waals surface area contributed by atoms with Crippen LogP contribution in [-0.2, 0) is 16.0 Å². The number of carbonyl (C=O) groups excluding carboxylic acids is 1. The SMILES string of the molecule is CC(C)(C)OC(=O)N[C@H](C(=O)O)[C@@H]1CCCc2c(F)cc(Br)cc21. The lowest BCUT2D eigenvalue weighted by molar-refractivity contribution is -0.140. The van der Waals surface area contributed by atoms with Crippen molar-refractivity contribution in [1.82, 2.24) is 5.32 Å². The lowest BCUT2D eigenvalue weighted by Crippen LogP contribution is -2.47. The van der Waals surface area contributed by atoms with Gasteiger partial charge in [0.15, 0.2) is 0 Å². The van der Waals surface area contributed by atoms with Gasteiger partial charge in [-0.15, -0.1) is 0 Å². The Morgan fingerprint density at radius 1 is 1.42 bits per heavy atom. The first-order chi connectivity index (χ1) is 11.1. The van der Waals surface area contributed by atoms with E-state index in [0.29, 0.717) is 34.9 Å². The smallest absolute Gasteiger partial charge is 0.408 e. The number of aliphatic carboxylic acids is 1. The van der Waals surface area contributed by atoms with E-state index in [2.05, 4.69) is 21.2 Å². The number of hydrogen-bond acceptors (Lipinski definition) is 3. The molecule has 1 aromatic carbocycles. The number of amides is 1. The minimum Gasteiger partial charge on any atom is -0.480 e. The molecule has 24 heavy (non-hydrogen) atoms. The van der Waals surface area contributed by atoms with Crippen LogP contribution >= 0.6 is 15.9 Å². The third kappa shape index (κ3) is 4.47. The first-order valence-electron chi connectivity index (χ1n) is 7.78. The van der Waals surface area contributed by atoms with Gasteiger partial charge in [0.1, 0.15) is 17.5 Å². The molecule has 7 heteroatoms. The molecule has 0 spiro atoms. The number of carboxylic acid groups (broad SMARTS) is 1. The van der Waals surface area contributed by atoms with Crippen molar-refractivity contribution in [1.29, 1.82) is 0 Å². The summed E-state index contributed by atoms with van der Waals surface area (Å²) < 4.78 is 19.9. The summed E-state index contributed by atoms with van der Waals surface area (Å²) in [7, 11) is 0. The summed E-state index contributed by atoms with van der Waals surface area (Å²) in [4.78, 5) is 23.7. The van der Waals surface area contributed by atoms with Crippen LogP contribution in [0.1, 0.15) is 50.7 Å². The first-order valence-corrected chi connectivity index (χ1v) is 8.58.